The lowest BCUT2D eigenvalue weighted by molar-refractivity contribution is 0.566. The van der Waals surface area contributed by atoms with E-state index in [1.54, 1.807) is 17.8 Å². The molecule has 0 bridgehead atoms. The molecular weight excluding hydrogens is 323 g/mol. The molecule has 0 radical (unpaired) electrons. The Bertz CT molecular complexity index is 532. The lowest BCUT2D eigenvalue weighted by Gasteiger charge is -2.17. The molecule has 18 heavy (non-hydrogen) atoms. The maximum absolute atomic E-state index is 13.4. The van der Waals surface area contributed by atoms with Crippen molar-refractivity contribution in [3.8, 4) is 0 Å². The van der Waals surface area contributed by atoms with Crippen molar-refractivity contribution in [3.05, 3.63) is 51.0 Å². The summed E-state index contributed by atoms with van der Waals surface area (Å²) < 4.78 is 15.7. The fraction of sp³-hybridized carbons (Fsp3) is 0.182. The number of aromatic nitrogens is 2. The molecule has 2 aromatic rings. The summed E-state index contributed by atoms with van der Waals surface area (Å²) in [6, 6.07) is 4.12. The summed E-state index contributed by atoms with van der Waals surface area (Å²) >= 11 is 9.31. The second kappa shape index (κ2) is 5.36. The fourth-order valence-electron chi connectivity index (χ4n) is 1.82. The fourth-order valence-corrected chi connectivity index (χ4v) is 2.58. The Morgan fingerprint density at radius 1 is 1.50 bits per heavy atom. The van der Waals surface area contributed by atoms with Crippen molar-refractivity contribution in [3.63, 3.8) is 0 Å². The molecule has 7 heteroatoms. The average molecular weight is 334 g/mol. The van der Waals surface area contributed by atoms with Gasteiger partial charge in [-0.2, -0.15) is 5.10 Å². The summed E-state index contributed by atoms with van der Waals surface area (Å²) in [4.78, 5) is 0. The maximum atomic E-state index is 13.4. The van der Waals surface area contributed by atoms with E-state index >= 15 is 0 Å². The standard InChI is InChI=1S/C11H11BrClFN4/c1-18-11(9(13)5-16-18)10(17-15)6-2-7(12)4-8(14)3-6/h2-5,10,17H,15H2,1H3. The SMILES string of the molecule is Cn1ncc(Cl)c1C(NN)c1cc(F)cc(Br)c1. The minimum Gasteiger partial charge on any atom is -0.271 e. The first-order chi connectivity index (χ1) is 8.52. The quantitative estimate of drug-likeness (QED) is 0.670. The van der Waals surface area contributed by atoms with Gasteiger partial charge in [-0.1, -0.05) is 27.5 Å². The first-order valence-corrected chi connectivity index (χ1v) is 6.29. The van der Waals surface area contributed by atoms with Crippen LogP contribution in [0, 0.1) is 5.82 Å². The summed E-state index contributed by atoms with van der Waals surface area (Å²) in [6.07, 6.45) is 1.52. The van der Waals surface area contributed by atoms with Gasteiger partial charge in [0.05, 0.1) is 23.0 Å². The predicted molar refractivity (Wildman–Crippen MR) is 71.5 cm³/mol. The van der Waals surface area contributed by atoms with Crippen LogP contribution in [0.15, 0.2) is 28.9 Å². The van der Waals surface area contributed by atoms with Crippen molar-refractivity contribution >= 4 is 27.5 Å². The Morgan fingerprint density at radius 3 is 2.72 bits per heavy atom. The number of halogens is 3. The zero-order chi connectivity index (χ0) is 13.3. The molecule has 1 aromatic heterocycles. The molecule has 2 rings (SSSR count). The van der Waals surface area contributed by atoms with Crippen molar-refractivity contribution in [1.29, 1.82) is 0 Å². The zero-order valence-electron chi connectivity index (χ0n) is 9.49. The van der Waals surface area contributed by atoms with Crippen LogP contribution in [-0.4, -0.2) is 9.78 Å². The molecule has 3 N–H and O–H groups in total. The topological polar surface area (TPSA) is 55.9 Å². The number of benzene rings is 1. The largest absolute Gasteiger partial charge is 0.271 e. The number of rotatable bonds is 3. The molecule has 0 fully saturated rings. The summed E-state index contributed by atoms with van der Waals surface area (Å²) in [5.74, 6) is 5.20. The number of hydrogen-bond donors (Lipinski definition) is 2. The smallest absolute Gasteiger partial charge is 0.124 e. The number of hydrogen-bond acceptors (Lipinski definition) is 3. The maximum Gasteiger partial charge on any atom is 0.124 e. The van der Waals surface area contributed by atoms with Crippen LogP contribution in [0.1, 0.15) is 17.3 Å². The van der Waals surface area contributed by atoms with Gasteiger partial charge in [-0.15, -0.1) is 0 Å². The first-order valence-electron chi connectivity index (χ1n) is 5.12. The second-order valence-corrected chi connectivity index (χ2v) is 5.13. The van der Waals surface area contributed by atoms with Crippen LogP contribution < -0.4 is 11.3 Å². The third kappa shape index (κ3) is 2.56. The van der Waals surface area contributed by atoms with Gasteiger partial charge in [0.25, 0.3) is 0 Å². The van der Waals surface area contributed by atoms with E-state index in [-0.39, 0.29) is 5.82 Å². The molecule has 1 aromatic carbocycles. The van der Waals surface area contributed by atoms with Crippen molar-refractivity contribution < 1.29 is 4.39 Å². The number of aryl methyl sites for hydroxylation is 1. The zero-order valence-corrected chi connectivity index (χ0v) is 11.8. The van der Waals surface area contributed by atoms with Crippen molar-refractivity contribution in [2.75, 3.05) is 0 Å². The van der Waals surface area contributed by atoms with E-state index in [1.165, 1.54) is 18.3 Å². The summed E-state index contributed by atoms with van der Waals surface area (Å²) in [5, 5.41) is 4.51. The van der Waals surface area contributed by atoms with E-state index in [9.17, 15) is 4.39 Å². The van der Waals surface area contributed by atoms with Crippen LogP contribution in [0.3, 0.4) is 0 Å². The predicted octanol–water partition coefficient (Wildman–Crippen LogP) is 2.53. The Kier molecular flexibility index (Phi) is 4.01. The highest BCUT2D eigenvalue weighted by Crippen LogP contribution is 2.29. The van der Waals surface area contributed by atoms with Gasteiger partial charge < -0.3 is 0 Å². The second-order valence-electron chi connectivity index (χ2n) is 3.80. The molecule has 1 unspecified atom stereocenters. The van der Waals surface area contributed by atoms with Crippen LogP contribution in [-0.2, 0) is 7.05 Å². The van der Waals surface area contributed by atoms with Crippen LogP contribution in [0.5, 0.6) is 0 Å². The van der Waals surface area contributed by atoms with Crippen LogP contribution in [0.25, 0.3) is 0 Å². The van der Waals surface area contributed by atoms with E-state index < -0.39 is 6.04 Å². The molecule has 0 aliphatic rings. The normalized spacial score (nSPS) is 12.7. The van der Waals surface area contributed by atoms with Gasteiger partial charge in [-0.3, -0.25) is 10.5 Å². The highest BCUT2D eigenvalue weighted by atomic mass is 79.9. The molecule has 0 spiro atoms. The van der Waals surface area contributed by atoms with Gasteiger partial charge in [-0.25, -0.2) is 9.82 Å². The molecule has 1 heterocycles. The third-order valence-electron chi connectivity index (χ3n) is 2.60. The number of hydrazine groups is 1. The van der Waals surface area contributed by atoms with Gasteiger partial charge in [0.1, 0.15) is 5.82 Å². The van der Waals surface area contributed by atoms with E-state index in [0.717, 1.165) is 0 Å². The molecule has 0 saturated carbocycles. The molecule has 0 aliphatic heterocycles. The molecule has 0 saturated heterocycles. The molecule has 0 amide bonds. The van der Waals surface area contributed by atoms with Gasteiger partial charge in [0.2, 0.25) is 0 Å². The highest BCUT2D eigenvalue weighted by Gasteiger charge is 2.20. The summed E-state index contributed by atoms with van der Waals surface area (Å²) in [7, 11) is 1.75. The Hall–Kier alpha value is -0.950. The minimum atomic E-state index is -0.433. The van der Waals surface area contributed by atoms with E-state index in [4.69, 9.17) is 17.4 Å². The molecule has 4 nitrogen and oxygen atoms in total. The van der Waals surface area contributed by atoms with E-state index in [1.807, 2.05) is 0 Å². The Morgan fingerprint density at radius 2 is 2.22 bits per heavy atom. The van der Waals surface area contributed by atoms with Crippen molar-refractivity contribution in [1.82, 2.24) is 15.2 Å². The van der Waals surface area contributed by atoms with Gasteiger partial charge in [0, 0.05) is 11.5 Å². The summed E-state index contributed by atoms with van der Waals surface area (Å²) in [6.45, 7) is 0. The van der Waals surface area contributed by atoms with Crippen molar-refractivity contribution in [2.24, 2.45) is 12.9 Å². The molecular formula is C11H11BrClFN4. The number of nitrogens with zero attached hydrogens (tertiary/aromatic N) is 2. The first kappa shape index (κ1) is 13.5. The van der Waals surface area contributed by atoms with E-state index in [2.05, 4.69) is 26.5 Å². The highest BCUT2D eigenvalue weighted by molar-refractivity contribution is 9.10. The Labute approximate surface area is 117 Å². The number of nitrogens with one attached hydrogen (secondary N) is 1. The molecule has 0 aliphatic carbocycles. The Balaban J connectivity index is 2.52. The van der Waals surface area contributed by atoms with Crippen LogP contribution >= 0.6 is 27.5 Å². The lowest BCUT2D eigenvalue weighted by atomic mass is 10.0. The molecule has 1 atom stereocenters. The third-order valence-corrected chi connectivity index (χ3v) is 3.34. The van der Waals surface area contributed by atoms with Gasteiger partial charge in [0.15, 0.2) is 0 Å². The van der Waals surface area contributed by atoms with Crippen LogP contribution in [0.2, 0.25) is 5.02 Å². The average Bonchev–Trinajstić information content (AvgIpc) is 2.61. The lowest BCUT2D eigenvalue weighted by Crippen LogP contribution is -2.30. The number of nitrogens with two attached hydrogens (primary N) is 1. The van der Waals surface area contributed by atoms with Crippen molar-refractivity contribution in [2.45, 2.75) is 6.04 Å². The molecule has 96 valence electrons. The van der Waals surface area contributed by atoms with E-state index in [0.29, 0.717) is 20.8 Å². The summed E-state index contributed by atoms with van der Waals surface area (Å²) in [5.41, 5.74) is 3.96. The van der Waals surface area contributed by atoms with Gasteiger partial charge >= 0.3 is 0 Å². The minimum absolute atomic E-state index is 0.349. The monoisotopic (exact) mass is 332 g/mol. The van der Waals surface area contributed by atoms with Crippen LogP contribution in [0.4, 0.5) is 4.39 Å². The van der Waals surface area contributed by atoms with Gasteiger partial charge in [-0.05, 0) is 23.8 Å².